The van der Waals surface area contributed by atoms with Gasteiger partial charge in [-0.1, -0.05) is 20.8 Å². The van der Waals surface area contributed by atoms with Crippen LogP contribution in [0.2, 0.25) is 0 Å². The van der Waals surface area contributed by atoms with E-state index in [1.54, 1.807) is 22.9 Å². The maximum atomic E-state index is 13.6. The highest BCUT2D eigenvalue weighted by atomic mass is 31.2. The molecule has 0 N–H and O–H groups in total. The predicted molar refractivity (Wildman–Crippen MR) is 147 cm³/mol. The van der Waals surface area contributed by atoms with Gasteiger partial charge < -0.3 is 28.2 Å². The van der Waals surface area contributed by atoms with Crippen LogP contribution in [0.25, 0.3) is 0 Å². The van der Waals surface area contributed by atoms with E-state index >= 15 is 0 Å². The van der Waals surface area contributed by atoms with E-state index in [0.29, 0.717) is 39.3 Å². The summed E-state index contributed by atoms with van der Waals surface area (Å²) >= 11 is 0. The van der Waals surface area contributed by atoms with Crippen molar-refractivity contribution in [3.8, 4) is 0 Å². The molecule has 8 atom stereocenters. The molecule has 0 aromatic heterocycles. The largest absolute Gasteiger partial charge is 0.372 e. The van der Waals surface area contributed by atoms with Gasteiger partial charge in [0.2, 0.25) is 5.91 Å². The van der Waals surface area contributed by atoms with Crippen molar-refractivity contribution in [2.24, 2.45) is 5.41 Å². The maximum absolute atomic E-state index is 13.6. The Kier molecular flexibility index (Phi) is 10.7. The lowest BCUT2D eigenvalue weighted by Gasteiger charge is -2.44. The van der Waals surface area contributed by atoms with E-state index in [9.17, 15) is 13.9 Å². The molecule has 3 saturated heterocycles. The zero-order chi connectivity index (χ0) is 28.5. The fraction of sp³-hybridized carbons (Fsp3) is 0.960. The van der Waals surface area contributed by atoms with E-state index < -0.39 is 21.1 Å². The molecule has 0 aromatic carbocycles. The van der Waals surface area contributed by atoms with E-state index in [0.717, 1.165) is 0 Å². The third kappa shape index (κ3) is 8.82. The molecule has 8 unspecified atom stereocenters. The maximum Gasteiger partial charge on any atom is 0.269 e. The van der Waals surface area contributed by atoms with Crippen LogP contribution >= 0.6 is 15.0 Å². The van der Waals surface area contributed by atoms with Crippen molar-refractivity contribution in [1.82, 2.24) is 14.2 Å². The van der Waals surface area contributed by atoms with Gasteiger partial charge in [-0.2, -0.15) is 0 Å². The van der Waals surface area contributed by atoms with Gasteiger partial charge in [-0.3, -0.25) is 13.9 Å². The van der Waals surface area contributed by atoms with Crippen LogP contribution in [0.5, 0.6) is 0 Å². The molecule has 0 bridgehead atoms. The van der Waals surface area contributed by atoms with Crippen molar-refractivity contribution in [2.45, 2.75) is 85.1 Å². The Balaban J connectivity index is 1.56. The molecule has 38 heavy (non-hydrogen) atoms. The first-order valence-corrected chi connectivity index (χ1v) is 17.7. The first-order valence-electron chi connectivity index (χ1n) is 13.6. The van der Waals surface area contributed by atoms with Gasteiger partial charge in [0.1, 0.15) is 0 Å². The topological polar surface area (TPSA) is 107 Å². The van der Waals surface area contributed by atoms with Crippen molar-refractivity contribution in [2.75, 3.05) is 65.8 Å². The summed E-state index contributed by atoms with van der Waals surface area (Å²) in [6.45, 7) is 20.0. The van der Waals surface area contributed by atoms with Crippen LogP contribution in [-0.4, -0.2) is 123 Å². The molecule has 0 radical (unpaired) electrons. The third-order valence-corrected chi connectivity index (χ3v) is 11.3. The van der Waals surface area contributed by atoms with Crippen LogP contribution in [0.4, 0.5) is 0 Å². The number of nitrogens with zero attached hydrogens (tertiary/aromatic N) is 3. The minimum absolute atomic E-state index is 0.0108. The first kappa shape index (κ1) is 32.2. The van der Waals surface area contributed by atoms with Crippen molar-refractivity contribution < 1.29 is 37.2 Å². The summed E-state index contributed by atoms with van der Waals surface area (Å²) in [5.41, 5.74) is -0.0807. The van der Waals surface area contributed by atoms with Gasteiger partial charge in [-0.05, 0) is 26.2 Å². The number of amides is 1. The summed E-state index contributed by atoms with van der Waals surface area (Å²) in [6, 6.07) is 0. The molecule has 3 aliphatic heterocycles. The number of hydrogen-bond acceptors (Lipinski definition) is 8. The third-order valence-electron chi connectivity index (χ3n) is 7.31. The molecule has 1 amide bonds. The summed E-state index contributed by atoms with van der Waals surface area (Å²) in [5.74, 6) is -0.0108. The molecular weight excluding hydrogens is 532 g/mol. The quantitative estimate of drug-likeness (QED) is 0.395. The van der Waals surface area contributed by atoms with Gasteiger partial charge in [-0.15, -0.1) is 0 Å². The summed E-state index contributed by atoms with van der Waals surface area (Å²) in [4.78, 5) is 13.6. The van der Waals surface area contributed by atoms with Crippen LogP contribution in [0.1, 0.15) is 48.5 Å². The van der Waals surface area contributed by atoms with Crippen LogP contribution in [0.15, 0.2) is 0 Å². The first-order chi connectivity index (χ1) is 17.5. The Bertz CT molecular complexity index is 916. The van der Waals surface area contributed by atoms with Crippen molar-refractivity contribution in [3.05, 3.63) is 0 Å². The highest BCUT2D eigenvalue weighted by Crippen LogP contribution is 2.51. The second-order valence-corrected chi connectivity index (χ2v) is 17.2. The van der Waals surface area contributed by atoms with Gasteiger partial charge in [0.25, 0.3) is 15.0 Å². The number of hydrogen-bond donors (Lipinski definition) is 0. The van der Waals surface area contributed by atoms with E-state index in [1.165, 1.54) is 6.92 Å². The molecule has 3 aliphatic rings. The van der Waals surface area contributed by atoms with Gasteiger partial charge in [0.15, 0.2) is 0 Å². The van der Waals surface area contributed by atoms with Crippen LogP contribution < -0.4 is 0 Å². The monoisotopic (exact) mass is 581 g/mol. The molecule has 0 spiro atoms. The second kappa shape index (κ2) is 12.7. The minimum atomic E-state index is -3.18. The smallest absolute Gasteiger partial charge is 0.269 e. The molecule has 3 heterocycles. The highest BCUT2D eigenvalue weighted by Gasteiger charge is 2.41. The summed E-state index contributed by atoms with van der Waals surface area (Å²) in [5, 5.41) is 0. The van der Waals surface area contributed by atoms with Crippen molar-refractivity contribution >= 4 is 20.9 Å². The van der Waals surface area contributed by atoms with Gasteiger partial charge in [0.05, 0.1) is 49.8 Å². The molecule has 3 fully saturated rings. The second-order valence-electron chi connectivity index (χ2n) is 12.3. The summed E-state index contributed by atoms with van der Waals surface area (Å²) < 4.78 is 61.0. The summed E-state index contributed by atoms with van der Waals surface area (Å²) in [6.07, 6.45) is -1.15. The molecule has 0 saturated carbocycles. The Morgan fingerprint density at radius 3 is 1.71 bits per heavy atom. The number of morpholine rings is 3. The van der Waals surface area contributed by atoms with Gasteiger partial charge in [0, 0.05) is 59.5 Å². The minimum Gasteiger partial charge on any atom is -0.372 e. The summed E-state index contributed by atoms with van der Waals surface area (Å²) in [7, 11) is -6.28. The Morgan fingerprint density at radius 1 is 0.763 bits per heavy atom. The Morgan fingerprint density at radius 2 is 1.21 bits per heavy atom. The molecule has 0 aromatic rings. The zero-order valence-corrected chi connectivity index (χ0v) is 26.4. The Labute approximate surface area is 228 Å². The molecule has 13 heteroatoms. The lowest BCUT2D eigenvalue weighted by atomic mass is 9.88. The van der Waals surface area contributed by atoms with Crippen LogP contribution in [0.3, 0.4) is 0 Å². The van der Waals surface area contributed by atoms with Crippen LogP contribution in [0, 0.1) is 5.41 Å². The van der Waals surface area contributed by atoms with Crippen LogP contribution in [-0.2, 0) is 37.2 Å². The van der Waals surface area contributed by atoms with E-state index in [2.05, 4.69) is 20.8 Å². The number of rotatable bonds is 8. The zero-order valence-electron chi connectivity index (χ0n) is 24.6. The molecule has 11 nitrogen and oxygen atoms in total. The fourth-order valence-electron chi connectivity index (χ4n) is 5.11. The fourth-order valence-corrected chi connectivity index (χ4v) is 8.30. The van der Waals surface area contributed by atoms with E-state index in [1.807, 2.05) is 25.4 Å². The Hall–Kier alpha value is -0.350. The average molecular weight is 582 g/mol. The lowest BCUT2D eigenvalue weighted by Crippen LogP contribution is -2.51. The molecule has 222 valence electrons. The number of ether oxygens (including phenoxy) is 3. The molecular formula is C25H49N3O8P2. The van der Waals surface area contributed by atoms with Gasteiger partial charge >= 0.3 is 0 Å². The van der Waals surface area contributed by atoms with E-state index in [-0.39, 0.29) is 55.1 Å². The lowest BCUT2D eigenvalue weighted by molar-refractivity contribution is -0.144. The van der Waals surface area contributed by atoms with E-state index in [4.69, 9.17) is 23.3 Å². The number of carbonyl (C=O) groups excluding carboxylic acids is 1. The van der Waals surface area contributed by atoms with Crippen molar-refractivity contribution in [1.29, 1.82) is 0 Å². The molecule has 3 rings (SSSR count). The standard InChI is InChI=1S/C25H49N3O8P2/c1-18-10-26(21(4)29)13-22(34-18)16-32-37(8,30)27-11-19(2)35-23(14-27)17-33-38(9,31)28-12-20(3)36-24(15-28)25(5,6)7/h18-20,22-24H,10-17H2,1-9H3. The highest BCUT2D eigenvalue weighted by molar-refractivity contribution is 7.55. The predicted octanol–water partition coefficient (Wildman–Crippen LogP) is 3.53. The normalized spacial score (nSPS) is 35.4. The SMILES string of the molecule is CC(=O)N1CC(C)OC(COP(C)(=O)N2CC(C)OC(COP(C)(=O)N3CC(C)OC(C(C)(C)C)C3)C2)C1. The molecule has 0 aliphatic carbocycles. The van der Waals surface area contributed by atoms with Crippen molar-refractivity contribution in [3.63, 3.8) is 0 Å². The number of carbonyl (C=O) groups is 1. The average Bonchev–Trinajstić information content (AvgIpc) is 2.80. The van der Waals surface area contributed by atoms with Gasteiger partial charge in [-0.25, -0.2) is 9.34 Å².